The Morgan fingerprint density at radius 3 is 2.86 bits per heavy atom. The summed E-state index contributed by atoms with van der Waals surface area (Å²) in [4.78, 5) is 42.0. The highest BCUT2D eigenvalue weighted by Crippen LogP contribution is 2.54. The number of nitrogens with one attached hydrogen (secondary N) is 1. The molecule has 36 heavy (non-hydrogen) atoms. The fourth-order valence-corrected chi connectivity index (χ4v) is 6.78. The van der Waals surface area contributed by atoms with E-state index in [2.05, 4.69) is 20.6 Å². The zero-order valence-electron chi connectivity index (χ0n) is 18.7. The van der Waals surface area contributed by atoms with Crippen LogP contribution in [0.15, 0.2) is 40.1 Å². The number of aromatic nitrogens is 4. The number of carbonyl (C=O) groups excluding carboxylic acids is 2. The number of thioether (sulfide) groups is 1. The highest BCUT2D eigenvalue weighted by Gasteiger charge is 2.57. The number of hydrogen-bond acceptors (Lipinski definition) is 11. The summed E-state index contributed by atoms with van der Waals surface area (Å²) in [6, 6.07) is 3.38. The zero-order valence-corrected chi connectivity index (χ0v) is 20.3. The number of thiazole rings is 1. The van der Waals surface area contributed by atoms with Gasteiger partial charge in [-0.15, -0.1) is 11.3 Å². The summed E-state index contributed by atoms with van der Waals surface area (Å²) >= 11 is 2.27. The third-order valence-electron chi connectivity index (χ3n) is 5.97. The highest BCUT2D eigenvalue weighted by atomic mass is 32.2. The molecule has 0 aliphatic carbocycles. The van der Waals surface area contributed by atoms with Gasteiger partial charge in [0, 0.05) is 17.0 Å². The van der Waals surface area contributed by atoms with E-state index in [4.69, 9.17) is 16.7 Å². The summed E-state index contributed by atoms with van der Waals surface area (Å²) < 4.78 is 3.25. The van der Waals surface area contributed by atoms with Crippen LogP contribution < -0.4 is 21.4 Å². The summed E-state index contributed by atoms with van der Waals surface area (Å²) in [7, 11) is 0. The Hall–Kier alpha value is -4.18. The molecule has 7 N–H and O–H groups in total. The van der Waals surface area contributed by atoms with Gasteiger partial charge >= 0.3 is 11.6 Å². The van der Waals surface area contributed by atoms with Gasteiger partial charge in [0.1, 0.15) is 24.2 Å². The van der Waals surface area contributed by atoms with Crippen molar-refractivity contribution in [1.29, 1.82) is 0 Å². The molecule has 2 atom stereocenters. The van der Waals surface area contributed by atoms with Crippen molar-refractivity contribution >= 4 is 63.7 Å². The molecule has 0 radical (unpaired) electrons. The van der Waals surface area contributed by atoms with Gasteiger partial charge in [-0.25, -0.2) is 14.3 Å². The predicted molar refractivity (Wildman–Crippen MR) is 129 cm³/mol. The highest BCUT2D eigenvalue weighted by molar-refractivity contribution is 8.01. The number of hydrogen-bond donors (Lipinski definition) is 5. The molecule has 3 aromatic heterocycles. The second-order valence-electron chi connectivity index (χ2n) is 8.06. The first-order chi connectivity index (χ1) is 17.2. The van der Waals surface area contributed by atoms with Gasteiger partial charge in [0.2, 0.25) is 11.7 Å². The lowest BCUT2D eigenvalue weighted by atomic mass is 9.96. The van der Waals surface area contributed by atoms with Crippen molar-refractivity contribution in [2.75, 3.05) is 11.5 Å². The number of carbonyl (C=O) groups is 3. The second kappa shape index (κ2) is 8.49. The van der Waals surface area contributed by atoms with Crippen molar-refractivity contribution in [1.82, 2.24) is 24.8 Å². The molecule has 1 fully saturated rings. The number of aryl methyl sites for hydroxylation is 1. The molecule has 5 rings (SSSR count). The van der Waals surface area contributed by atoms with E-state index in [1.54, 1.807) is 35.2 Å². The van der Waals surface area contributed by atoms with Gasteiger partial charge in [-0.3, -0.25) is 14.5 Å². The van der Waals surface area contributed by atoms with Crippen molar-refractivity contribution in [3.8, 4) is 0 Å². The van der Waals surface area contributed by atoms with Gasteiger partial charge in [-0.1, -0.05) is 26.5 Å². The monoisotopic (exact) mass is 530 g/mol. The number of carboxylic acids is 1. The molecule has 2 aliphatic heterocycles. The fraction of sp³-hybridized carbons (Fsp3) is 0.250. The first kappa shape index (κ1) is 23.6. The van der Waals surface area contributed by atoms with E-state index in [1.165, 1.54) is 9.42 Å². The number of nitrogens with zero attached hydrogens (tertiary/aromatic N) is 6. The molecule has 1 saturated heterocycles. The molecule has 5 heterocycles. The lowest BCUT2D eigenvalue weighted by molar-refractivity contribution is -0.673. The average Bonchev–Trinajstić information content (AvgIpc) is 3.46. The van der Waals surface area contributed by atoms with E-state index < -0.39 is 22.1 Å². The average molecular weight is 531 g/mol. The summed E-state index contributed by atoms with van der Waals surface area (Å²) in [6.45, 7) is 1.71. The van der Waals surface area contributed by atoms with Crippen LogP contribution in [0.5, 0.6) is 0 Å². The fourth-order valence-electron chi connectivity index (χ4n) is 4.44. The van der Waals surface area contributed by atoms with Gasteiger partial charge in [-0.2, -0.15) is 0 Å². The Morgan fingerprint density at radius 1 is 1.44 bits per heavy atom. The molecule has 2 amide bonds. The van der Waals surface area contributed by atoms with Gasteiger partial charge in [0.25, 0.3) is 5.91 Å². The smallest absolute Gasteiger partial charge is 0.352 e. The number of nitrogens with two attached hydrogens (primary N) is 2. The number of oxime groups is 1. The largest absolute Gasteiger partial charge is 0.477 e. The van der Waals surface area contributed by atoms with Crippen LogP contribution in [0, 0.1) is 6.92 Å². The third kappa shape index (κ3) is 3.53. The normalized spacial score (nSPS) is 21.6. The minimum absolute atomic E-state index is 0.0704. The molecule has 14 nitrogen and oxygen atoms in total. The molecule has 16 heteroatoms. The van der Waals surface area contributed by atoms with Crippen molar-refractivity contribution in [3.63, 3.8) is 0 Å². The maximum atomic E-state index is 12.7. The maximum absolute atomic E-state index is 12.7. The lowest BCUT2D eigenvalue weighted by Gasteiger charge is -2.51. The number of nitrogen functional groups attached to an aromatic ring is 2. The molecule has 0 bridgehead atoms. The van der Waals surface area contributed by atoms with Crippen molar-refractivity contribution in [2.24, 2.45) is 5.16 Å². The Kier molecular flexibility index (Phi) is 5.55. The molecular formula is C20H20N9O5S2+. The van der Waals surface area contributed by atoms with Crippen molar-refractivity contribution in [2.45, 2.75) is 30.1 Å². The van der Waals surface area contributed by atoms with Crippen LogP contribution in [0.2, 0.25) is 0 Å². The number of anilines is 2. The van der Waals surface area contributed by atoms with Crippen LogP contribution in [0.1, 0.15) is 17.8 Å². The van der Waals surface area contributed by atoms with E-state index in [0.717, 1.165) is 23.1 Å². The van der Waals surface area contributed by atoms with E-state index in [-0.39, 0.29) is 41.0 Å². The zero-order chi connectivity index (χ0) is 25.8. The van der Waals surface area contributed by atoms with Crippen LogP contribution in [0.25, 0.3) is 5.65 Å². The number of rotatable bonds is 6. The summed E-state index contributed by atoms with van der Waals surface area (Å²) in [5.74, 6) is -2.13. The predicted octanol–water partition coefficient (Wildman–Crippen LogP) is -0.376. The molecule has 3 aromatic rings. The number of carboxylic acid groups (broad SMARTS) is 1. The Balaban J connectivity index is 1.80. The Morgan fingerprint density at radius 2 is 2.22 bits per heavy atom. The second-order valence-corrected chi connectivity index (χ2v) is 10.3. The molecule has 1 unspecified atom stereocenters. The van der Waals surface area contributed by atoms with E-state index >= 15 is 0 Å². The molecule has 186 valence electrons. The van der Waals surface area contributed by atoms with Crippen molar-refractivity contribution < 1.29 is 29.3 Å². The quantitative estimate of drug-likeness (QED) is 0.0918. The Bertz CT molecular complexity index is 1500. The molecular weight excluding hydrogens is 510 g/mol. The number of aliphatic carboxylic acids is 1. The number of fused-ring (bicyclic) bond motifs is 2. The summed E-state index contributed by atoms with van der Waals surface area (Å²) in [6.07, 6.45) is 2.28. The van der Waals surface area contributed by atoms with Crippen LogP contribution in [0.3, 0.4) is 0 Å². The summed E-state index contributed by atoms with van der Waals surface area (Å²) in [5.41, 5.74) is 13.4. The lowest BCUT2D eigenvalue weighted by Crippen LogP contribution is -2.62. The molecule has 0 aromatic carbocycles. The van der Waals surface area contributed by atoms with Crippen LogP contribution in [-0.4, -0.2) is 59.2 Å². The molecule has 0 saturated carbocycles. The van der Waals surface area contributed by atoms with Gasteiger partial charge < -0.3 is 27.1 Å². The number of amides is 2. The first-order valence-electron chi connectivity index (χ1n) is 10.5. The van der Waals surface area contributed by atoms with Crippen LogP contribution in [0.4, 0.5) is 10.9 Å². The minimum Gasteiger partial charge on any atom is -0.477 e. The van der Waals surface area contributed by atoms with Crippen LogP contribution in [-0.2, 0) is 25.8 Å². The molecule has 2 aliphatic rings. The Labute approximate surface area is 210 Å². The van der Waals surface area contributed by atoms with Gasteiger partial charge in [-0.05, 0) is 6.92 Å². The first-order valence-corrected chi connectivity index (χ1v) is 12.2. The standard InChI is InChI=1S/C20H19N9O5S2/c1-9-4-12(21)29-14(2-3-23-29)27(9)7-10-17(18(32)33)28-15(31)5-16(28)36-20(10,26-13(30)6-24-34)11-8-35-19(22)25-11/h2-4,6,8,16,21H,5,7H2,1H3,(H5,22,25,26,30,32,33,34)/p+1/t16-,20?/m0/s1. The van der Waals surface area contributed by atoms with Gasteiger partial charge in [0.15, 0.2) is 10.0 Å². The molecule has 0 spiro atoms. The van der Waals surface area contributed by atoms with Crippen LogP contribution >= 0.6 is 23.1 Å². The van der Waals surface area contributed by atoms with Crippen molar-refractivity contribution in [3.05, 3.63) is 46.4 Å². The summed E-state index contributed by atoms with van der Waals surface area (Å²) in [5, 5.41) is 30.3. The maximum Gasteiger partial charge on any atom is 0.352 e. The van der Waals surface area contributed by atoms with Gasteiger partial charge in [0.05, 0.1) is 29.8 Å². The van der Waals surface area contributed by atoms with E-state index in [9.17, 15) is 19.5 Å². The van der Waals surface area contributed by atoms with E-state index in [1.807, 2.05) is 0 Å². The topological polar surface area (TPSA) is 205 Å². The minimum atomic E-state index is -1.56. The number of β-lactam (4-membered cyclic amide) rings is 1. The van der Waals surface area contributed by atoms with E-state index in [0.29, 0.717) is 23.4 Å². The third-order valence-corrected chi connectivity index (χ3v) is 8.21. The SMILES string of the molecule is Cc1cc(N)n2nccc2[n+]1CC1=C(C(=O)O)N2C(=O)C[C@@H]2SC1(NC(=O)C=NO)c1csc(N)n1.